The lowest BCUT2D eigenvalue weighted by molar-refractivity contribution is -0.125. The Labute approximate surface area is 135 Å². The van der Waals surface area contributed by atoms with Crippen LogP contribution in [-0.2, 0) is 4.79 Å². The Morgan fingerprint density at radius 2 is 2.09 bits per heavy atom. The number of benzene rings is 1. The molecule has 2 amide bonds. The smallest absolute Gasteiger partial charge is 0.254 e. The van der Waals surface area contributed by atoms with Gasteiger partial charge < -0.3 is 16.0 Å². The Hall–Kier alpha value is -1.59. The van der Waals surface area contributed by atoms with E-state index in [9.17, 15) is 9.59 Å². The third kappa shape index (κ3) is 3.59. The van der Waals surface area contributed by atoms with Crippen LogP contribution in [0, 0.1) is 6.92 Å². The molecule has 1 saturated heterocycles. The van der Waals surface area contributed by atoms with Crippen molar-refractivity contribution in [1.82, 2.24) is 10.2 Å². The maximum absolute atomic E-state index is 12.8. The van der Waals surface area contributed by atoms with Gasteiger partial charge in [-0.1, -0.05) is 11.6 Å². The first-order valence-electron chi connectivity index (χ1n) is 7.42. The molecule has 0 spiro atoms. The number of hydrogen-bond donors (Lipinski definition) is 2. The number of halogens is 1. The first-order valence-corrected chi connectivity index (χ1v) is 7.80. The van der Waals surface area contributed by atoms with E-state index in [0.717, 1.165) is 5.56 Å². The van der Waals surface area contributed by atoms with Crippen molar-refractivity contribution in [2.75, 3.05) is 6.54 Å². The third-order valence-corrected chi connectivity index (χ3v) is 3.98. The summed E-state index contributed by atoms with van der Waals surface area (Å²) in [5.41, 5.74) is 7.32. The molecule has 2 atom stereocenters. The first kappa shape index (κ1) is 16.8. The standard InChI is InChI=1S/C16H22ClN3O2/c1-9(2)19-15(21)14-7-12(18)8-20(14)16(22)13-5-4-11(17)6-10(13)3/h4-6,9,12,14H,7-8,18H2,1-3H3,(H,19,21)/t12-,14+/m1/s1. The molecule has 1 aromatic carbocycles. The molecule has 0 aromatic heterocycles. The van der Waals surface area contributed by atoms with Crippen LogP contribution in [0.2, 0.25) is 5.02 Å². The van der Waals surface area contributed by atoms with Crippen molar-refractivity contribution in [2.24, 2.45) is 5.73 Å². The second-order valence-corrected chi connectivity index (χ2v) is 6.53. The molecule has 0 bridgehead atoms. The predicted octanol–water partition coefficient (Wildman–Crippen LogP) is 1.71. The molecule has 1 aromatic rings. The summed E-state index contributed by atoms with van der Waals surface area (Å²) >= 11 is 5.93. The maximum Gasteiger partial charge on any atom is 0.254 e. The lowest BCUT2D eigenvalue weighted by atomic mass is 10.1. The fraction of sp³-hybridized carbons (Fsp3) is 0.500. The van der Waals surface area contributed by atoms with Crippen molar-refractivity contribution in [1.29, 1.82) is 0 Å². The molecular weight excluding hydrogens is 302 g/mol. The average molecular weight is 324 g/mol. The lowest BCUT2D eigenvalue weighted by Crippen LogP contribution is -2.47. The van der Waals surface area contributed by atoms with E-state index < -0.39 is 6.04 Å². The number of amides is 2. The highest BCUT2D eigenvalue weighted by atomic mass is 35.5. The van der Waals surface area contributed by atoms with Crippen LogP contribution in [0.3, 0.4) is 0 Å². The molecule has 22 heavy (non-hydrogen) atoms. The molecule has 1 heterocycles. The number of aryl methyl sites for hydroxylation is 1. The van der Waals surface area contributed by atoms with Gasteiger partial charge in [-0.25, -0.2) is 0 Å². The monoisotopic (exact) mass is 323 g/mol. The molecule has 3 N–H and O–H groups in total. The second kappa shape index (κ2) is 6.67. The van der Waals surface area contributed by atoms with E-state index >= 15 is 0 Å². The number of nitrogens with zero attached hydrogens (tertiary/aromatic N) is 1. The average Bonchev–Trinajstić information content (AvgIpc) is 2.79. The third-order valence-electron chi connectivity index (χ3n) is 3.75. The molecule has 6 heteroatoms. The Morgan fingerprint density at radius 1 is 1.41 bits per heavy atom. The van der Waals surface area contributed by atoms with Gasteiger partial charge in [0.25, 0.3) is 5.91 Å². The van der Waals surface area contributed by atoms with Crippen molar-refractivity contribution in [3.8, 4) is 0 Å². The highest BCUT2D eigenvalue weighted by Gasteiger charge is 2.38. The number of nitrogens with one attached hydrogen (secondary N) is 1. The summed E-state index contributed by atoms with van der Waals surface area (Å²) in [5.74, 6) is -0.325. The predicted molar refractivity (Wildman–Crippen MR) is 86.9 cm³/mol. The van der Waals surface area contributed by atoms with Gasteiger partial charge in [-0.3, -0.25) is 9.59 Å². The van der Waals surface area contributed by atoms with Crippen molar-refractivity contribution < 1.29 is 9.59 Å². The molecular formula is C16H22ClN3O2. The first-order chi connectivity index (χ1) is 10.3. The van der Waals surface area contributed by atoms with Crippen molar-refractivity contribution in [2.45, 2.75) is 45.3 Å². The normalized spacial score (nSPS) is 21.3. The van der Waals surface area contributed by atoms with Crippen LogP contribution < -0.4 is 11.1 Å². The molecule has 0 aliphatic carbocycles. The van der Waals surface area contributed by atoms with Gasteiger partial charge in [-0.15, -0.1) is 0 Å². The van der Waals surface area contributed by atoms with Crippen LogP contribution in [-0.4, -0.2) is 41.4 Å². The molecule has 2 rings (SSSR count). The molecule has 0 saturated carbocycles. The zero-order valence-corrected chi connectivity index (χ0v) is 13.9. The quantitative estimate of drug-likeness (QED) is 0.889. The summed E-state index contributed by atoms with van der Waals surface area (Å²) in [7, 11) is 0. The van der Waals surface area contributed by atoms with Crippen molar-refractivity contribution in [3.05, 3.63) is 34.3 Å². The van der Waals surface area contributed by atoms with E-state index in [1.807, 2.05) is 20.8 Å². The molecule has 0 unspecified atom stereocenters. The molecule has 0 radical (unpaired) electrons. The highest BCUT2D eigenvalue weighted by molar-refractivity contribution is 6.30. The van der Waals surface area contributed by atoms with E-state index in [1.54, 1.807) is 23.1 Å². The second-order valence-electron chi connectivity index (χ2n) is 6.09. The van der Waals surface area contributed by atoms with Gasteiger partial charge in [0.05, 0.1) is 0 Å². The summed E-state index contributed by atoms with van der Waals surface area (Å²) in [5, 5.41) is 3.44. The van der Waals surface area contributed by atoms with Gasteiger partial charge >= 0.3 is 0 Å². The van der Waals surface area contributed by atoms with Gasteiger partial charge in [0.1, 0.15) is 6.04 Å². The minimum absolute atomic E-state index is 0.0264. The van der Waals surface area contributed by atoms with Gasteiger partial charge in [-0.05, 0) is 51.0 Å². The summed E-state index contributed by atoms with van der Waals surface area (Å²) < 4.78 is 0. The van der Waals surface area contributed by atoms with Crippen LogP contribution >= 0.6 is 11.6 Å². The number of rotatable bonds is 3. The van der Waals surface area contributed by atoms with E-state index in [2.05, 4.69) is 5.32 Å². The largest absolute Gasteiger partial charge is 0.352 e. The zero-order chi connectivity index (χ0) is 16.4. The van der Waals surface area contributed by atoms with Crippen LogP contribution in [0.1, 0.15) is 36.2 Å². The molecule has 120 valence electrons. The molecule has 1 aliphatic heterocycles. The van der Waals surface area contributed by atoms with E-state index in [-0.39, 0.29) is 23.9 Å². The number of carbonyl (C=O) groups is 2. The number of likely N-dealkylation sites (tertiary alicyclic amines) is 1. The van der Waals surface area contributed by atoms with Gasteiger partial charge in [0.2, 0.25) is 5.91 Å². The zero-order valence-electron chi connectivity index (χ0n) is 13.1. The number of nitrogens with two attached hydrogens (primary N) is 1. The van der Waals surface area contributed by atoms with Crippen molar-refractivity contribution >= 4 is 23.4 Å². The summed E-state index contributed by atoms with van der Waals surface area (Å²) in [6, 6.07) is 4.45. The Balaban J connectivity index is 2.24. The van der Waals surface area contributed by atoms with E-state index in [0.29, 0.717) is 23.6 Å². The van der Waals surface area contributed by atoms with Crippen LogP contribution in [0.15, 0.2) is 18.2 Å². The topological polar surface area (TPSA) is 75.4 Å². The Bertz CT molecular complexity index is 589. The minimum Gasteiger partial charge on any atom is -0.352 e. The molecule has 1 fully saturated rings. The van der Waals surface area contributed by atoms with Crippen LogP contribution in [0.25, 0.3) is 0 Å². The lowest BCUT2D eigenvalue weighted by Gasteiger charge is -2.25. The molecule has 1 aliphatic rings. The number of hydrogen-bond acceptors (Lipinski definition) is 3. The number of carbonyl (C=O) groups excluding carboxylic acids is 2. The Morgan fingerprint density at radius 3 is 2.68 bits per heavy atom. The van der Waals surface area contributed by atoms with Gasteiger partial charge in [0, 0.05) is 29.2 Å². The van der Waals surface area contributed by atoms with Gasteiger partial charge in [-0.2, -0.15) is 0 Å². The van der Waals surface area contributed by atoms with E-state index in [1.165, 1.54) is 0 Å². The van der Waals surface area contributed by atoms with Crippen LogP contribution in [0.5, 0.6) is 0 Å². The summed E-state index contributed by atoms with van der Waals surface area (Å²) in [6.45, 7) is 6.00. The Kier molecular flexibility index (Phi) is 5.08. The maximum atomic E-state index is 12.8. The van der Waals surface area contributed by atoms with E-state index in [4.69, 9.17) is 17.3 Å². The minimum atomic E-state index is -0.514. The summed E-state index contributed by atoms with van der Waals surface area (Å²) in [6.07, 6.45) is 0.483. The molecule has 5 nitrogen and oxygen atoms in total. The summed E-state index contributed by atoms with van der Waals surface area (Å²) in [4.78, 5) is 26.6. The SMILES string of the molecule is Cc1cc(Cl)ccc1C(=O)N1C[C@H](N)C[C@H]1C(=O)NC(C)C. The fourth-order valence-corrected chi connectivity index (χ4v) is 2.97. The van der Waals surface area contributed by atoms with Crippen LogP contribution in [0.4, 0.5) is 0 Å². The fourth-order valence-electron chi connectivity index (χ4n) is 2.74. The van der Waals surface area contributed by atoms with Gasteiger partial charge in [0.15, 0.2) is 0 Å². The highest BCUT2D eigenvalue weighted by Crippen LogP contribution is 2.23. The van der Waals surface area contributed by atoms with Crippen molar-refractivity contribution in [3.63, 3.8) is 0 Å².